The third kappa shape index (κ3) is 3.97. The van der Waals surface area contributed by atoms with E-state index in [4.69, 9.17) is 0 Å². The first kappa shape index (κ1) is 24.6. The van der Waals surface area contributed by atoms with Crippen LogP contribution in [0, 0.1) is 108 Å². The van der Waals surface area contributed by atoms with Crippen molar-refractivity contribution in [2.45, 2.75) is 0 Å². The first-order valence-corrected chi connectivity index (χ1v) is 6.41. The van der Waals surface area contributed by atoms with Crippen molar-refractivity contribution in [1.82, 2.24) is 0 Å². The maximum absolute atomic E-state index is 13.5. The Hall–Kier alpha value is -1.47. The summed E-state index contributed by atoms with van der Waals surface area (Å²) in [5.41, 5.74) is -4.02. The van der Waals surface area contributed by atoms with Gasteiger partial charge in [-0.3, -0.25) is 4.79 Å². The van der Waals surface area contributed by atoms with E-state index in [9.17, 15) is 53.8 Å². The van der Waals surface area contributed by atoms with Crippen molar-refractivity contribution in [3.8, 4) is 0 Å². The second kappa shape index (κ2) is 8.91. The van der Waals surface area contributed by atoms with Crippen LogP contribution in [-0.2, 0) is 0 Å². The molecule has 0 bridgehead atoms. The van der Waals surface area contributed by atoms with E-state index in [-0.39, 0.29) is 55.5 Å². The van der Waals surface area contributed by atoms with Gasteiger partial charge in [-0.25, -0.2) is 43.9 Å². The molecular formula is C15H3EuF10O2+. The molecule has 0 heterocycles. The van der Waals surface area contributed by atoms with Crippen LogP contribution in [0.1, 0.15) is 11.1 Å². The van der Waals surface area contributed by atoms with Crippen LogP contribution in [0.4, 0.5) is 43.9 Å². The first-order chi connectivity index (χ1) is 12.4. The number of hydrogen-bond acceptors (Lipinski definition) is 1. The van der Waals surface area contributed by atoms with Crippen molar-refractivity contribution in [2.24, 2.45) is 0 Å². The van der Waals surface area contributed by atoms with Crippen molar-refractivity contribution in [2.75, 3.05) is 0 Å². The summed E-state index contributed by atoms with van der Waals surface area (Å²) < 4.78 is 132. The molecule has 0 aliphatic carbocycles. The van der Waals surface area contributed by atoms with Crippen LogP contribution in [0.3, 0.4) is 0 Å². The van der Waals surface area contributed by atoms with Gasteiger partial charge in [-0.05, 0) is 0 Å². The number of rotatable bonds is 3. The van der Waals surface area contributed by atoms with Crippen molar-refractivity contribution < 1.29 is 103 Å². The average Bonchev–Trinajstić information content (AvgIpc) is 2.61. The molecule has 0 aliphatic rings. The van der Waals surface area contributed by atoms with Gasteiger partial charge in [0.25, 0.3) is 0 Å². The minimum atomic E-state index is -2.59. The summed E-state index contributed by atoms with van der Waals surface area (Å²) in [4.78, 5) is 9.47. The molecule has 0 aliphatic heterocycles. The van der Waals surface area contributed by atoms with Gasteiger partial charge in [-0.1, -0.05) is 0 Å². The largest absolute Gasteiger partial charge is 0.507 e. The van der Waals surface area contributed by atoms with E-state index >= 15 is 0 Å². The second-order valence-electron chi connectivity index (χ2n) is 4.80. The van der Waals surface area contributed by atoms with Gasteiger partial charge in [0, 0.05) is 49.4 Å². The summed E-state index contributed by atoms with van der Waals surface area (Å²) >= 11 is 0. The molecule has 13 heteroatoms. The number of aliphatic hydroxyl groups excluding tert-OH is 1. The standard InChI is InChI=1S/C15H2F10O2.Eu/c16-6-4(7(17)11(21)14(24)10(6)20)2(26)1-3(27)5-8(18)12(22)15(25)13(23)9(5)19;/h1,26H;/p+1. The predicted octanol–water partition coefficient (Wildman–Crippen LogP) is 4.57. The molecule has 2 aromatic carbocycles. The molecule has 2 nitrogen and oxygen atoms in total. The summed E-state index contributed by atoms with van der Waals surface area (Å²) in [7, 11) is 0. The Morgan fingerprint density at radius 3 is 1.11 bits per heavy atom. The van der Waals surface area contributed by atoms with E-state index in [1.807, 2.05) is 0 Å². The Bertz CT molecular complexity index is 961. The average molecular weight is 557 g/mol. The number of carbonyl (C=O) groups excluding carboxylic acids is 1. The SMILES string of the molecule is OC(=CC(=[OH+])c1c(F)c(F)c(F)c(F)c1F)c1c(F)c(F)c(F)c(F)c1F.[Eu]. The van der Waals surface area contributed by atoms with Crippen LogP contribution in [0.5, 0.6) is 0 Å². The second-order valence-corrected chi connectivity index (χ2v) is 4.80. The summed E-state index contributed by atoms with van der Waals surface area (Å²) in [6.45, 7) is 0. The normalized spacial score (nSPS) is 11.4. The molecule has 0 atom stereocenters. The third-order valence-corrected chi connectivity index (χ3v) is 3.21. The molecule has 2 rings (SSSR count). The maximum atomic E-state index is 13.5. The van der Waals surface area contributed by atoms with Crippen LogP contribution in [0.15, 0.2) is 6.08 Å². The third-order valence-electron chi connectivity index (χ3n) is 3.21. The minimum Gasteiger partial charge on any atom is -0.507 e. The zero-order valence-electron chi connectivity index (χ0n) is 12.6. The monoisotopic (exact) mass is 558 g/mol. The van der Waals surface area contributed by atoms with Gasteiger partial charge in [0.2, 0.25) is 11.6 Å². The molecule has 0 aromatic heterocycles. The minimum absolute atomic E-state index is 0. The van der Waals surface area contributed by atoms with Gasteiger partial charge in [-0.2, -0.15) is 0 Å². The fraction of sp³-hybridized carbons (Fsp3) is 0. The Balaban J connectivity index is 0.00000392. The summed E-state index contributed by atoms with van der Waals surface area (Å²) in [5.74, 6) is -29.4. The maximum Gasteiger partial charge on any atom is 0.357 e. The number of allylic oxidation sites excluding steroid dienone is 1. The fourth-order valence-electron chi connectivity index (χ4n) is 1.93. The molecule has 1 radical (unpaired) electrons. The topological polar surface area (TPSA) is 41.6 Å². The van der Waals surface area contributed by atoms with E-state index in [0.29, 0.717) is 0 Å². The molecule has 151 valence electrons. The Morgan fingerprint density at radius 1 is 0.536 bits per heavy atom. The van der Waals surface area contributed by atoms with Crippen LogP contribution >= 0.6 is 0 Å². The van der Waals surface area contributed by atoms with E-state index in [1.54, 1.807) is 0 Å². The molecule has 28 heavy (non-hydrogen) atoms. The van der Waals surface area contributed by atoms with Crippen molar-refractivity contribution in [1.29, 1.82) is 0 Å². The quantitative estimate of drug-likeness (QED) is 0.112. The Labute approximate surface area is 189 Å². The predicted molar refractivity (Wildman–Crippen MR) is 69.1 cm³/mol. The molecule has 2 N–H and O–H groups in total. The van der Waals surface area contributed by atoms with Gasteiger partial charge in [0.15, 0.2) is 52.1 Å². The number of hydrogen-bond donors (Lipinski definition) is 1. The van der Waals surface area contributed by atoms with E-state index in [1.165, 1.54) is 0 Å². The summed E-state index contributed by atoms with van der Waals surface area (Å²) in [5, 5.41) is 9.47. The van der Waals surface area contributed by atoms with Crippen LogP contribution in [0.25, 0.3) is 5.76 Å². The molecule has 0 saturated carbocycles. The van der Waals surface area contributed by atoms with E-state index < -0.39 is 80.8 Å². The number of aliphatic hydroxyl groups is 1. The smallest absolute Gasteiger partial charge is 0.357 e. The number of ketones is 1. The van der Waals surface area contributed by atoms with Crippen molar-refractivity contribution >= 4 is 11.5 Å². The molecule has 2 aromatic rings. The van der Waals surface area contributed by atoms with Gasteiger partial charge >= 0.3 is 5.78 Å². The Morgan fingerprint density at radius 2 is 0.786 bits per heavy atom. The molecule has 0 amide bonds. The van der Waals surface area contributed by atoms with Gasteiger partial charge in [-0.15, -0.1) is 0 Å². The molecule has 0 saturated heterocycles. The molecule has 0 spiro atoms. The van der Waals surface area contributed by atoms with Crippen LogP contribution < -0.4 is 0 Å². The first-order valence-electron chi connectivity index (χ1n) is 6.41. The Kier molecular flexibility index (Phi) is 7.82. The van der Waals surface area contributed by atoms with Crippen LogP contribution in [-0.4, -0.2) is 15.7 Å². The van der Waals surface area contributed by atoms with E-state index in [0.717, 1.165) is 0 Å². The van der Waals surface area contributed by atoms with Gasteiger partial charge in [0.1, 0.15) is 5.76 Å². The van der Waals surface area contributed by atoms with Gasteiger partial charge < -0.3 is 5.11 Å². The fourth-order valence-corrected chi connectivity index (χ4v) is 1.93. The molecular weight excluding hydrogens is 554 g/mol. The van der Waals surface area contributed by atoms with Crippen molar-refractivity contribution in [3.05, 3.63) is 75.4 Å². The number of halogens is 10. The summed E-state index contributed by atoms with van der Waals surface area (Å²) in [6, 6.07) is 0. The van der Waals surface area contributed by atoms with Gasteiger partial charge in [0.05, 0.1) is 11.6 Å². The summed E-state index contributed by atoms with van der Waals surface area (Å²) in [6.07, 6.45) is -0.365. The zero-order valence-corrected chi connectivity index (χ0v) is 15.1. The number of benzene rings is 2. The van der Waals surface area contributed by atoms with E-state index in [2.05, 4.69) is 0 Å². The van der Waals surface area contributed by atoms with Crippen LogP contribution in [0.2, 0.25) is 0 Å². The van der Waals surface area contributed by atoms with Crippen molar-refractivity contribution in [3.63, 3.8) is 0 Å². The molecule has 0 fully saturated rings. The zero-order chi connectivity index (χ0) is 20.8. The molecule has 0 unspecified atom stereocenters.